The van der Waals surface area contributed by atoms with Gasteiger partial charge in [-0.15, -0.1) is 0 Å². The van der Waals surface area contributed by atoms with Crippen molar-refractivity contribution in [2.24, 2.45) is 0 Å². The number of fused-ring (bicyclic) bond motifs is 1. The lowest BCUT2D eigenvalue weighted by atomic mass is 9.75. The first kappa shape index (κ1) is 7.83. The van der Waals surface area contributed by atoms with Gasteiger partial charge in [0.1, 0.15) is 0 Å². The van der Waals surface area contributed by atoms with Gasteiger partial charge in [-0.3, -0.25) is 0 Å². The van der Waals surface area contributed by atoms with Crippen molar-refractivity contribution in [3.63, 3.8) is 0 Å². The third-order valence-corrected chi connectivity index (χ3v) is 2.52. The third kappa shape index (κ3) is 0.975. The molecule has 0 amide bonds. The second kappa shape index (κ2) is 2.61. The largest absolute Gasteiger partial charge is 0.492 e. The van der Waals surface area contributed by atoms with Gasteiger partial charge in [-0.25, -0.2) is 0 Å². The normalized spacial score (nSPS) is 15.1. The van der Waals surface area contributed by atoms with Crippen LogP contribution in [-0.2, 0) is 11.3 Å². The van der Waals surface area contributed by atoms with E-state index >= 15 is 0 Å². The highest BCUT2D eigenvalue weighted by Crippen LogP contribution is 2.14. The highest BCUT2D eigenvalue weighted by atomic mass is 16.5. The summed E-state index contributed by atoms with van der Waals surface area (Å²) in [6.07, 6.45) is 0. The van der Waals surface area contributed by atoms with Gasteiger partial charge in [-0.05, 0) is 36.0 Å². The van der Waals surface area contributed by atoms with E-state index in [0.29, 0.717) is 6.61 Å². The van der Waals surface area contributed by atoms with E-state index in [-0.39, 0.29) is 0 Å². The predicted octanol–water partition coefficient (Wildman–Crippen LogP) is 0.521. The molecule has 1 aromatic carbocycles. The molecule has 0 aromatic heterocycles. The van der Waals surface area contributed by atoms with Crippen molar-refractivity contribution in [1.29, 1.82) is 0 Å². The molecule has 1 aliphatic heterocycles. The van der Waals surface area contributed by atoms with Crippen LogP contribution in [0.25, 0.3) is 0 Å². The third-order valence-electron chi connectivity index (χ3n) is 2.52. The Morgan fingerprint density at radius 1 is 1.42 bits per heavy atom. The molecule has 0 saturated carbocycles. The van der Waals surface area contributed by atoms with E-state index in [2.05, 4.69) is 6.07 Å². The van der Waals surface area contributed by atoms with Crippen LogP contribution >= 0.6 is 0 Å². The maximum Gasteiger partial charge on any atom is 0.492 e. The molecule has 2 rings (SSSR count). The van der Waals surface area contributed by atoms with Gasteiger partial charge in [0.15, 0.2) is 0 Å². The number of aryl methyl sites for hydroxylation is 1. The molecule has 0 atom stereocenters. The average Bonchev–Trinajstić information content (AvgIpc) is 2.41. The van der Waals surface area contributed by atoms with Gasteiger partial charge < -0.3 is 9.68 Å². The summed E-state index contributed by atoms with van der Waals surface area (Å²) in [6, 6.07) is 4.09. The van der Waals surface area contributed by atoms with Gasteiger partial charge in [0, 0.05) is 0 Å². The summed E-state index contributed by atoms with van der Waals surface area (Å²) in [4.78, 5) is 0. The van der Waals surface area contributed by atoms with Gasteiger partial charge >= 0.3 is 7.12 Å². The Labute approximate surface area is 72.3 Å². The van der Waals surface area contributed by atoms with Crippen LogP contribution in [0.5, 0.6) is 0 Å². The topological polar surface area (TPSA) is 29.5 Å². The zero-order valence-corrected chi connectivity index (χ0v) is 7.29. The van der Waals surface area contributed by atoms with Crippen molar-refractivity contribution in [3.05, 3.63) is 28.8 Å². The van der Waals surface area contributed by atoms with Gasteiger partial charge in [0.2, 0.25) is 0 Å². The molecule has 0 aliphatic carbocycles. The summed E-state index contributed by atoms with van der Waals surface area (Å²) in [5.41, 5.74) is 4.44. The minimum Gasteiger partial charge on any atom is -0.423 e. The smallest absolute Gasteiger partial charge is 0.423 e. The number of hydrogen-bond acceptors (Lipinski definition) is 2. The molecule has 0 radical (unpaired) electrons. The maximum absolute atomic E-state index is 9.46. The van der Waals surface area contributed by atoms with Crippen LogP contribution in [-0.4, -0.2) is 12.1 Å². The van der Waals surface area contributed by atoms with Crippen molar-refractivity contribution in [3.8, 4) is 0 Å². The molecule has 1 aromatic rings. The fraction of sp³-hybridized carbons (Fsp3) is 0.333. The lowest BCUT2D eigenvalue weighted by Crippen LogP contribution is -2.30. The van der Waals surface area contributed by atoms with E-state index in [0.717, 1.165) is 16.6 Å². The number of benzene rings is 1. The van der Waals surface area contributed by atoms with Crippen molar-refractivity contribution < 1.29 is 9.68 Å². The Balaban J connectivity index is 2.63. The van der Waals surface area contributed by atoms with E-state index < -0.39 is 7.12 Å². The van der Waals surface area contributed by atoms with Crippen molar-refractivity contribution in [2.75, 3.05) is 0 Å². The first-order chi connectivity index (χ1) is 5.70. The zero-order chi connectivity index (χ0) is 8.72. The maximum atomic E-state index is 9.46. The summed E-state index contributed by atoms with van der Waals surface area (Å²) < 4.78 is 5.11. The quantitative estimate of drug-likeness (QED) is 0.563. The lowest BCUT2D eigenvalue weighted by Gasteiger charge is -2.05. The minimum atomic E-state index is -0.708. The Morgan fingerprint density at radius 2 is 2.17 bits per heavy atom. The molecule has 62 valence electrons. The van der Waals surface area contributed by atoms with Gasteiger partial charge in [-0.1, -0.05) is 12.1 Å². The Kier molecular flexibility index (Phi) is 1.70. The second-order valence-electron chi connectivity index (χ2n) is 3.24. The lowest BCUT2D eigenvalue weighted by molar-refractivity contribution is 0.275. The Morgan fingerprint density at radius 3 is 2.92 bits per heavy atom. The highest BCUT2D eigenvalue weighted by Gasteiger charge is 2.29. The summed E-state index contributed by atoms with van der Waals surface area (Å²) in [7, 11) is -0.708. The van der Waals surface area contributed by atoms with E-state index in [1.165, 1.54) is 5.56 Å². The van der Waals surface area contributed by atoms with Gasteiger partial charge in [0.05, 0.1) is 6.61 Å². The molecule has 2 nitrogen and oxygen atoms in total. The van der Waals surface area contributed by atoms with Crippen LogP contribution in [0.15, 0.2) is 12.1 Å². The molecule has 1 heterocycles. The van der Waals surface area contributed by atoms with E-state index in [9.17, 15) is 5.02 Å². The van der Waals surface area contributed by atoms with E-state index in [1.807, 2.05) is 19.9 Å². The van der Waals surface area contributed by atoms with Gasteiger partial charge in [0.25, 0.3) is 0 Å². The van der Waals surface area contributed by atoms with Crippen LogP contribution < -0.4 is 5.46 Å². The second-order valence-corrected chi connectivity index (χ2v) is 3.24. The van der Waals surface area contributed by atoms with Crippen molar-refractivity contribution in [2.45, 2.75) is 20.5 Å². The fourth-order valence-corrected chi connectivity index (χ4v) is 1.62. The molecule has 0 unspecified atom stereocenters. The molecule has 0 bridgehead atoms. The summed E-state index contributed by atoms with van der Waals surface area (Å²) in [5.74, 6) is 0. The minimum absolute atomic E-state index is 0.539. The first-order valence-corrected chi connectivity index (χ1v) is 4.09. The first-order valence-electron chi connectivity index (χ1n) is 4.09. The molecule has 3 heteroatoms. The Bertz CT molecular complexity index is 323. The molecule has 1 N–H and O–H groups in total. The summed E-state index contributed by atoms with van der Waals surface area (Å²) in [5, 5.41) is 9.46. The molecular formula is C9H11BO2. The molecule has 0 spiro atoms. The highest BCUT2D eigenvalue weighted by molar-refractivity contribution is 6.62. The van der Waals surface area contributed by atoms with Crippen LogP contribution in [0.1, 0.15) is 16.7 Å². The predicted molar refractivity (Wildman–Crippen MR) is 48.3 cm³/mol. The molecule has 1 aliphatic rings. The van der Waals surface area contributed by atoms with Gasteiger partial charge in [-0.2, -0.15) is 0 Å². The van der Waals surface area contributed by atoms with E-state index in [1.54, 1.807) is 0 Å². The fourth-order valence-electron chi connectivity index (χ4n) is 1.62. The summed E-state index contributed by atoms with van der Waals surface area (Å²) >= 11 is 0. The number of hydrogen-bond donors (Lipinski definition) is 1. The number of rotatable bonds is 0. The van der Waals surface area contributed by atoms with E-state index in [4.69, 9.17) is 4.65 Å². The van der Waals surface area contributed by atoms with Crippen molar-refractivity contribution in [1.82, 2.24) is 0 Å². The van der Waals surface area contributed by atoms with Crippen LogP contribution in [0.3, 0.4) is 0 Å². The Hall–Kier alpha value is -0.795. The SMILES string of the molecule is Cc1ccc2c(c1C)B(O)OC2. The van der Waals surface area contributed by atoms with Crippen molar-refractivity contribution >= 4 is 12.6 Å². The molecule has 12 heavy (non-hydrogen) atoms. The zero-order valence-electron chi connectivity index (χ0n) is 7.29. The van der Waals surface area contributed by atoms with Crippen LogP contribution in [0.2, 0.25) is 0 Å². The molecular weight excluding hydrogens is 151 g/mol. The van der Waals surface area contributed by atoms with Crippen LogP contribution in [0, 0.1) is 13.8 Å². The van der Waals surface area contributed by atoms with Crippen LogP contribution in [0.4, 0.5) is 0 Å². The molecule has 0 saturated heterocycles. The molecule has 0 fully saturated rings. The monoisotopic (exact) mass is 162 g/mol. The standard InChI is InChI=1S/C9H11BO2/c1-6-3-4-8-5-12-10(11)9(8)7(6)2/h3-4,11H,5H2,1-2H3. The average molecular weight is 162 g/mol. The summed E-state index contributed by atoms with van der Waals surface area (Å²) in [6.45, 7) is 4.60.